The molecule has 3 aromatic rings. The quantitative estimate of drug-likeness (QED) is 0.720. The molecule has 2 heterocycles. The summed E-state index contributed by atoms with van der Waals surface area (Å²) in [5, 5.41) is 8.78. The highest BCUT2D eigenvalue weighted by Crippen LogP contribution is 2.36. The van der Waals surface area contributed by atoms with E-state index in [1.165, 1.54) is 0 Å². The van der Waals surface area contributed by atoms with Crippen molar-refractivity contribution in [2.45, 2.75) is 0 Å². The second-order valence-corrected chi connectivity index (χ2v) is 4.92. The van der Waals surface area contributed by atoms with Gasteiger partial charge in [-0.3, -0.25) is 0 Å². The van der Waals surface area contributed by atoms with Gasteiger partial charge < -0.3 is 13.9 Å². The molecule has 1 aliphatic rings. The fraction of sp³-hybridized carbons (Fsp3) is 0.0667. The Labute approximate surface area is 125 Å². The summed E-state index contributed by atoms with van der Waals surface area (Å²) in [4.78, 5) is 0. The van der Waals surface area contributed by atoms with Gasteiger partial charge in [0, 0.05) is 16.1 Å². The summed E-state index contributed by atoms with van der Waals surface area (Å²) < 4.78 is 16.3. The zero-order valence-electron chi connectivity index (χ0n) is 10.7. The number of rotatable bonds is 2. The van der Waals surface area contributed by atoms with Gasteiger partial charge in [0.15, 0.2) is 11.5 Å². The van der Waals surface area contributed by atoms with E-state index < -0.39 is 0 Å². The van der Waals surface area contributed by atoms with E-state index in [-0.39, 0.29) is 6.79 Å². The lowest BCUT2D eigenvalue weighted by molar-refractivity contribution is 0.174. The first kappa shape index (κ1) is 12.2. The average Bonchev–Trinajstić information content (AvgIpc) is 3.16. The highest BCUT2D eigenvalue weighted by Gasteiger charge is 2.17. The van der Waals surface area contributed by atoms with Gasteiger partial charge in [0.05, 0.1) is 0 Å². The first-order chi connectivity index (χ1) is 10.3. The number of fused-ring (bicyclic) bond motifs is 1. The van der Waals surface area contributed by atoms with E-state index in [0.717, 1.165) is 16.9 Å². The molecule has 21 heavy (non-hydrogen) atoms. The topological polar surface area (TPSA) is 57.4 Å². The van der Waals surface area contributed by atoms with Gasteiger partial charge in [-0.15, -0.1) is 10.2 Å². The van der Waals surface area contributed by atoms with Crippen molar-refractivity contribution in [2.24, 2.45) is 0 Å². The van der Waals surface area contributed by atoms with Crippen LogP contribution in [-0.4, -0.2) is 17.0 Å². The maximum atomic E-state index is 5.86. The van der Waals surface area contributed by atoms with Gasteiger partial charge in [-0.05, 0) is 42.5 Å². The second kappa shape index (κ2) is 4.79. The van der Waals surface area contributed by atoms with Gasteiger partial charge in [0.25, 0.3) is 0 Å². The van der Waals surface area contributed by atoms with Gasteiger partial charge in [-0.2, -0.15) is 0 Å². The molecule has 6 heteroatoms. The lowest BCUT2D eigenvalue weighted by Crippen LogP contribution is -1.92. The standard InChI is InChI=1S/C15H9ClN2O3/c16-11-4-1-9(2-5-11)14-17-18-15(21-14)10-3-6-12-13(7-10)20-8-19-12/h1-7H,8H2. The molecule has 1 aliphatic heterocycles. The number of hydrogen-bond acceptors (Lipinski definition) is 5. The molecule has 0 aliphatic carbocycles. The van der Waals surface area contributed by atoms with Crippen molar-refractivity contribution in [3.63, 3.8) is 0 Å². The Hall–Kier alpha value is -2.53. The van der Waals surface area contributed by atoms with Gasteiger partial charge >= 0.3 is 0 Å². The van der Waals surface area contributed by atoms with E-state index in [2.05, 4.69) is 10.2 Å². The van der Waals surface area contributed by atoms with Crippen LogP contribution in [0.3, 0.4) is 0 Å². The fourth-order valence-electron chi connectivity index (χ4n) is 2.08. The van der Waals surface area contributed by atoms with Gasteiger partial charge in [-0.1, -0.05) is 11.6 Å². The maximum Gasteiger partial charge on any atom is 0.248 e. The fourth-order valence-corrected chi connectivity index (χ4v) is 2.20. The van der Waals surface area contributed by atoms with Crippen molar-refractivity contribution >= 4 is 11.6 Å². The predicted octanol–water partition coefficient (Wildman–Crippen LogP) is 3.79. The number of halogens is 1. The summed E-state index contributed by atoms with van der Waals surface area (Å²) in [6, 6.07) is 12.7. The van der Waals surface area contributed by atoms with Crippen LogP contribution < -0.4 is 9.47 Å². The molecule has 5 nitrogen and oxygen atoms in total. The summed E-state index contributed by atoms with van der Waals surface area (Å²) in [6.45, 7) is 0.235. The first-order valence-corrected chi connectivity index (χ1v) is 6.67. The minimum Gasteiger partial charge on any atom is -0.454 e. The molecule has 0 radical (unpaired) electrons. The van der Waals surface area contributed by atoms with E-state index in [4.69, 9.17) is 25.5 Å². The van der Waals surface area contributed by atoms with Crippen LogP contribution in [0.15, 0.2) is 46.9 Å². The number of nitrogens with zero attached hydrogens (tertiary/aromatic N) is 2. The molecule has 0 saturated heterocycles. The highest BCUT2D eigenvalue weighted by molar-refractivity contribution is 6.30. The second-order valence-electron chi connectivity index (χ2n) is 4.49. The first-order valence-electron chi connectivity index (χ1n) is 6.29. The Kier molecular flexibility index (Phi) is 2.79. The van der Waals surface area contributed by atoms with Crippen LogP contribution in [-0.2, 0) is 0 Å². The summed E-state index contributed by atoms with van der Waals surface area (Å²) >= 11 is 5.86. The molecule has 0 N–H and O–H groups in total. The number of hydrogen-bond donors (Lipinski definition) is 0. The van der Waals surface area contributed by atoms with Gasteiger partial charge in [0.2, 0.25) is 18.6 Å². The van der Waals surface area contributed by atoms with E-state index in [9.17, 15) is 0 Å². The molecule has 0 bridgehead atoms. The molecule has 0 fully saturated rings. The highest BCUT2D eigenvalue weighted by atomic mass is 35.5. The lowest BCUT2D eigenvalue weighted by atomic mass is 10.2. The van der Waals surface area contributed by atoms with Crippen molar-refractivity contribution in [3.05, 3.63) is 47.5 Å². The minimum absolute atomic E-state index is 0.235. The van der Waals surface area contributed by atoms with Gasteiger partial charge in [0.1, 0.15) is 0 Å². The Morgan fingerprint density at radius 2 is 1.48 bits per heavy atom. The van der Waals surface area contributed by atoms with Crippen LogP contribution in [0.25, 0.3) is 22.9 Å². The Morgan fingerprint density at radius 3 is 2.29 bits per heavy atom. The third-order valence-corrected chi connectivity index (χ3v) is 3.39. The van der Waals surface area contributed by atoms with Crippen molar-refractivity contribution in [1.29, 1.82) is 0 Å². The average molecular weight is 301 g/mol. The van der Waals surface area contributed by atoms with Crippen LogP contribution in [0, 0.1) is 0 Å². The van der Waals surface area contributed by atoms with Crippen LogP contribution in [0.4, 0.5) is 0 Å². The Balaban J connectivity index is 1.69. The van der Waals surface area contributed by atoms with E-state index in [1.54, 1.807) is 12.1 Å². The normalized spacial score (nSPS) is 12.6. The molecule has 1 aromatic heterocycles. The zero-order valence-corrected chi connectivity index (χ0v) is 11.5. The summed E-state index contributed by atoms with van der Waals surface area (Å²) in [5.41, 5.74) is 1.60. The summed E-state index contributed by atoms with van der Waals surface area (Å²) in [7, 11) is 0. The molecule has 2 aromatic carbocycles. The molecule has 0 saturated carbocycles. The van der Waals surface area contributed by atoms with Crippen LogP contribution in [0.5, 0.6) is 11.5 Å². The molecule has 0 amide bonds. The van der Waals surface area contributed by atoms with E-state index >= 15 is 0 Å². The van der Waals surface area contributed by atoms with Crippen LogP contribution >= 0.6 is 11.6 Å². The van der Waals surface area contributed by atoms with Gasteiger partial charge in [-0.25, -0.2) is 0 Å². The predicted molar refractivity (Wildman–Crippen MR) is 76.3 cm³/mol. The van der Waals surface area contributed by atoms with Crippen molar-refractivity contribution in [1.82, 2.24) is 10.2 Å². The number of benzene rings is 2. The van der Waals surface area contributed by atoms with Crippen molar-refractivity contribution in [3.8, 4) is 34.4 Å². The summed E-state index contributed by atoms with van der Waals surface area (Å²) in [5.74, 6) is 2.27. The van der Waals surface area contributed by atoms with Crippen LogP contribution in [0.2, 0.25) is 5.02 Å². The van der Waals surface area contributed by atoms with E-state index in [1.807, 2.05) is 30.3 Å². The SMILES string of the molecule is Clc1ccc(-c2nnc(-c3ccc4c(c3)OCO4)o2)cc1. The maximum absolute atomic E-state index is 5.86. The minimum atomic E-state index is 0.235. The smallest absolute Gasteiger partial charge is 0.248 e. The Morgan fingerprint density at radius 1 is 0.810 bits per heavy atom. The molecule has 4 rings (SSSR count). The number of ether oxygens (including phenoxy) is 2. The Bertz CT molecular complexity index is 799. The van der Waals surface area contributed by atoms with Crippen molar-refractivity contribution < 1.29 is 13.9 Å². The molecular weight excluding hydrogens is 292 g/mol. The molecular formula is C15H9ClN2O3. The zero-order chi connectivity index (χ0) is 14.2. The number of aromatic nitrogens is 2. The monoisotopic (exact) mass is 300 g/mol. The largest absolute Gasteiger partial charge is 0.454 e. The third kappa shape index (κ3) is 2.21. The third-order valence-electron chi connectivity index (χ3n) is 3.14. The molecule has 0 atom stereocenters. The summed E-state index contributed by atoms with van der Waals surface area (Å²) in [6.07, 6.45) is 0. The molecule has 104 valence electrons. The lowest BCUT2D eigenvalue weighted by Gasteiger charge is -1.98. The molecule has 0 unspecified atom stereocenters. The van der Waals surface area contributed by atoms with Crippen LogP contribution in [0.1, 0.15) is 0 Å². The van der Waals surface area contributed by atoms with Crippen molar-refractivity contribution in [2.75, 3.05) is 6.79 Å². The molecule has 0 spiro atoms. The van der Waals surface area contributed by atoms with E-state index in [0.29, 0.717) is 22.6 Å².